The van der Waals surface area contributed by atoms with Gasteiger partial charge in [0, 0.05) is 13.7 Å². The predicted molar refractivity (Wildman–Crippen MR) is 85.6 cm³/mol. The Kier molecular flexibility index (Phi) is 5.78. The molecule has 0 radical (unpaired) electrons. The fourth-order valence-corrected chi connectivity index (χ4v) is 2.30. The van der Waals surface area contributed by atoms with Crippen LogP contribution in [-0.4, -0.2) is 38.8 Å². The Morgan fingerprint density at radius 3 is 2.00 bits per heavy atom. The Hall–Kier alpha value is -1.84. The van der Waals surface area contributed by atoms with Crippen LogP contribution in [0.3, 0.4) is 0 Å². The number of hydrogen-bond donors (Lipinski definition) is 0. The number of nitrogens with zero attached hydrogens (tertiary/aromatic N) is 1. The van der Waals surface area contributed by atoms with Crippen LogP contribution in [0.2, 0.25) is 0 Å². The maximum atomic E-state index is 6.20. The fourth-order valence-electron chi connectivity index (χ4n) is 2.30. The van der Waals surface area contributed by atoms with Gasteiger partial charge in [-0.2, -0.15) is 0 Å². The van der Waals surface area contributed by atoms with Gasteiger partial charge in [-0.3, -0.25) is 0 Å². The maximum Gasteiger partial charge on any atom is 0.151 e. The summed E-state index contributed by atoms with van der Waals surface area (Å²) < 4.78 is 11.9. The number of hydrogen-bond acceptors (Lipinski definition) is 3. The molecule has 3 heteroatoms. The van der Waals surface area contributed by atoms with Gasteiger partial charge in [0.15, 0.2) is 6.10 Å². The molecule has 21 heavy (non-hydrogen) atoms. The van der Waals surface area contributed by atoms with Gasteiger partial charge < -0.3 is 14.4 Å². The topological polar surface area (TPSA) is 21.7 Å². The van der Waals surface area contributed by atoms with E-state index < -0.39 is 0 Å². The van der Waals surface area contributed by atoms with Crippen LogP contribution in [0.5, 0.6) is 5.75 Å². The van der Waals surface area contributed by atoms with Crippen LogP contribution in [-0.2, 0) is 4.74 Å². The van der Waals surface area contributed by atoms with Crippen LogP contribution in [0.4, 0.5) is 0 Å². The summed E-state index contributed by atoms with van der Waals surface area (Å²) in [6, 6.07) is 20.1. The monoisotopic (exact) mass is 285 g/mol. The lowest BCUT2D eigenvalue weighted by atomic mass is 10.0. The van der Waals surface area contributed by atoms with Crippen LogP contribution in [0, 0.1) is 0 Å². The van der Waals surface area contributed by atoms with Crippen molar-refractivity contribution in [3.05, 3.63) is 66.2 Å². The number of likely N-dealkylation sites (N-methyl/N-ethyl adjacent to an activating group) is 1. The molecule has 2 atom stereocenters. The van der Waals surface area contributed by atoms with Gasteiger partial charge in [-0.25, -0.2) is 0 Å². The average molecular weight is 285 g/mol. The van der Waals surface area contributed by atoms with E-state index in [1.54, 1.807) is 7.11 Å². The van der Waals surface area contributed by atoms with Crippen molar-refractivity contribution < 1.29 is 9.47 Å². The standard InChI is InChI=1S/C18H23NO2/c1-19(2)14-17(20-3)18(15-10-6-4-7-11-15)21-16-12-8-5-9-13-16/h4-13,17-18H,14H2,1-3H3. The minimum absolute atomic E-state index is 0.0393. The molecule has 0 aliphatic rings. The third-order valence-electron chi connectivity index (χ3n) is 3.32. The van der Waals surface area contributed by atoms with Crippen molar-refractivity contribution in [2.24, 2.45) is 0 Å². The summed E-state index contributed by atoms with van der Waals surface area (Å²) in [5.41, 5.74) is 1.12. The Morgan fingerprint density at radius 2 is 1.48 bits per heavy atom. The summed E-state index contributed by atoms with van der Waals surface area (Å²) in [5.74, 6) is 0.854. The SMILES string of the molecule is COC(CN(C)C)C(Oc1ccccc1)c1ccccc1. The lowest BCUT2D eigenvalue weighted by Crippen LogP contribution is -2.35. The van der Waals surface area contributed by atoms with Crippen LogP contribution in [0.25, 0.3) is 0 Å². The number of benzene rings is 2. The highest BCUT2D eigenvalue weighted by Gasteiger charge is 2.25. The highest BCUT2D eigenvalue weighted by Crippen LogP contribution is 2.26. The first-order valence-electron chi connectivity index (χ1n) is 7.15. The lowest BCUT2D eigenvalue weighted by molar-refractivity contribution is -0.0126. The molecule has 2 unspecified atom stereocenters. The minimum atomic E-state index is -0.138. The Morgan fingerprint density at radius 1 is 0.905 bits per heavy atom. The molecule has 0 aromatic heterocycles. The van der Waals surface area contributed by atoms with Gasteiger partial charge in [0.1, 0.15) is 11.9 Å². The molecule has 3 nitrogen and oxygen atoms in total. The predicted octanol–water partition coefficient (Wildman–Crippen LogP) is 3.38. The fraction of sp³-hybridized carbons (Fsp3) is 0.333. The third kappa shape index (κ3) is 4.59. The maximum absolute atomic E-state index is 6.20. The molecule has 0 amide bonds. The summed E-state index contributed by atoms with van der Waals surface area (Å²) >= 11 is 0. The van der Waals surface area contributed by atoms with E-state index in [1.165, 1.54) is 0 Å². The summed E-state index contributed by atoms with van der Waals surface area (Å²) in [4.78, 5) is 2.11. The van der Waals surface area contributed by atoms with Crippen LogP contribution in [0.1, 0.15) is 11.7 Å². The largest absolute Gasteiger partial charge is 0.483 e. The van der Waals surface area contributed by atoms with E-state index in [-0.39, 0.29) is 12.2 Å². The first kappa shape index (κ1) is 15.5. The molecule has 2 rings (SSSR count). The third-order valence-corrected chi connectivity index (χ3v) is 3.32. The molecule has 112 valence electrons. The van der Waals surface area contributed by atoms with Gasteiger partial charge in [-0.1, -0.05) is 48.5 Å². The van der Waals surface area contributed by atoms with E-state index in [9.17, 15) is 0 Å². The Balaban J connectivity index is 2.25. The molecule has 2 aromatic rings. The smallest absolute Gasteiger partial charge is 0.151 e. The van der Waals surface area contributed by atoms with E-state index in [4.69, 9.17) is 9.47 Å². The molecular formula is C18H23NO2. The number of rotatable bonds is 7. The van der Waals surface area contributed by atoms with Crippen molar-refractivity contribution in [3.63, 3.8) is 0 Å². The highest BCUT2D eigenvalue weighted by molar-refractivity contribution is 5.25. The highest BCUT2D eigenvalue weighted by atomic mass is 16.5. The quantitative estimate of drug-likeness (QED) is 0.778. The van der Waals surface area contributed by atoms with Gasteiger partial charge in [0.2, 0.25) is 0 Å². The van der Waals surface area contributed by atoms with Crippen LogP contribution >= 0.6 is 0 Å². The zero-order chi connectivity index (χ0) is 15.1. The lowest BCUT2D eigenvalue weighted by Gasteiger charge is -2.29. The van der Waals surface area contributed by atoms with Gasteiger partial charge in [0.05, 0.1) is 0 Å². The molecule has 0 N–H and O–H groups in total. The molecule has 0 aliphatic carbocycles. The summed E-state index contributed by atoms with van der Waals surface area (Å²) in [7, 11) is 5.81. The van der Waals surface area contributed by atoms with Crippen molar-refractivity contribution in [1.29, 1.82) is 0 Å². The molecule has 0 saturated carbocycles. The first-order chi connectivity index (χ1) is 10.2. The second-order valence-electron chi connectivity index (χ2n) is 5.30. The molecule has 0 aliphatic heterocycles. The van der Waals surface area contributed by atoms with Crippen molar-refractivity contribution in [1.82, 2.24) is 4.90 Å². The van der Waals surface area contributed by atoms with Crippen molar-refractivity contribution in [2.45, 2.75) is 12.2 Å². The molecule has 0 fully saturated rings. The molecule has 0 saturated heterocycles. The normalized spacial score (nSPS) is 13.9. The zero-order valence-electron chi connectivity index (χ0n) is 12.9. The molecule has 0 spiro atoms. The van der Waals surface area contributed by atoms with E-state index in [0.29, 0.717) is 0 Å². The molecule has 0 heterocycles. The Bertz CT molecular complexity index is 513. The van der Waals surface area contributed by atoms with E-state index in [2.05, 4.69) is 17.0 Å². The van der Waals surface area contributed by atoms with Crippen molar-refractivity contribution >= 4 is 0 Å². The first-order valence-corrected chi connectivity index (χ1v) is 7.15. The summed E-state index contributed by atoms with van der Waals surface area (Å²) in [6.45, 7) is 0.795. The second-order valence-corrected chi connectivity index (χ2v) is 5.30. The number of methoxy groups -OCH3 is 1. The molecule has 0 bridgehead atoms. The van der Waals surface area contributed by atoms with Gasteiger partial charge in [0.25, 0.3) is 0 Å². The number of ether oxygens (including phenoxy) is 2. The molecule has 2 aromatic carbocycles. The van der Waals surface area contributed by atoms with Crippen LogP contribution < -0.4 is 4.74 Å². The van der Waals surface area contributed by atoms with Crippen LogP contribution in [0.15, 0.2) is 60.7 Å². The van der Waals surface area contributed by atoms with E-state index >= 15 is 0 Å². The molecular weight excluding hydrogens is 262 g/mol. The minimum Gasteiger partial charge on any atom is -0.483 e. The number of para-hydroxylation sites is 1. The van der Waals surface area contributed by atoms with Crippen molar-refractivity contribution in [2.75, 3.05) is 27.7 Å². The van der Waals surface area contributed by atoms with Gasteiger partial charge >= 0.3 is 0 Å². The summed E-state index contributed by atoms with van der Waals surface area (Å²) in [5, 5.41) is 0. The van der Waals surface area contributed by atoms with E-state index in [0.717, 1.165) is 17.9 Å². The average Bonchev–Trinajstić information content (AvgIpc) is 2.52. The second kappa shape index (κ2) is 7.81. The van der Waals surface area contributed by atoms with Gasteiger partial charge in [-0.15, -0.1) is 0 Å². The summed E-state index contributed by atoms with van der Waals surface area (Å²) in [6.07, 6.45) is -0.177. The van der Waals surface area contributed by atoms with E-state index in [1.807, 2.05) is 62.6 Å². The van der Waals surface area contributed by atoms with Gasteiger partial charge in [-0.05, 0) is 31.8 Å². The Labute approximate surface area is 127 Å². The van der Waals surface area contributed by atoms with Crippen molar-refractivity contribution in [3.8, 4) is 5.75 Å². The zero-order valence-corrected chi connectivity index (χ0v) is 12.9.